The number of carbonyl (C=O) groups is 2. The Balaban J connectivity index is 1.34. The van der Waals surface area contributed by atoms with Crippen molar-refractivity contribution < 1.29 is 19.1 Å². The quantitative estimate of drug-likeness (QED) is 0.187. The van der Waals surface area contributed by atoms with Gasteiger partial charge in [0.2, 0.25) is 11.8 Å². The number of carbonyl (C=O) groups excluding carboxylic acids is 2. The van der Waals surface area contributed by atoms with E-state index in [1.165, 1.54) is 0 Å². The van der Waals surface area contributed by atoms with Crippen molar-refractivity contribution in [1.29, 1.82) is 0 Å². The van der Waals surface area contributed by atoms with Crippen LogP contribution in [0.4, 0.5) is 0 Å². The van der Waals surface area contributed by atoms with Crippen LogP contribution in [-0.4, -0.2) is 37.5 Å². The summed E-state index contributed by atoms with van der Waals surface area (Å²) in [6.07, 6.45) is 2.68. The van der Waals surface area contributed by atoms with E-state index in [0.29, 0.717) is 13.2 Å². The third-order valence-electron chi connectivity index (χ3n) is 5.54. The van der Waals surface area contributed by atoms with Gasteiger partial charge in [0.05, 0.1) is 25.6 Å². The zero-order chi connectivity index (χ0) is 26.0. The molecule has 188 valence electrons. The minimum atomic E-state index is -0.550. The number of amides is 2. The molecular weight excluding hydrogens is 468 g/mol. The fourth-order valence-corrected chi connectivity index (χ4v) is 3.95. The van der Waals surface area contributed by atoms with Gasteiger partial charge in [-0.3, -0.25) is 9.59 Å². The fourth-order valence-electron chi connectivity index (χ4n) is 3.95. The Morgan fingerprint density at radius 1 is 0.649 bits per heavy atom. The van der Waals surface area contributed by atoms with Crippen LogP contribution in [-0.2, 0) is 9.59 Å². The lowest BCUT2D eigenvalue weighted by molar-refractivity contribution is -0.129. The van der Waals surface area contributed by atoms with Gasteiger partial charge in [-0.2, -0.15) is 10.2 Å². The monoisotopic (exact) mass is 496 g/mol. The lowest BCUT2D eigenvalue weighted by Crippen LogP contribution is -2.27. The molecule has 2 N–H and O–H groups in total. The molecule has 0 radical (unpaired) electrons. The number of fused-ring (bicyclic) bond motifs is 2. The van der Waals surface area contributed by atoms with E-state index in [9.17, 15) is 9.59 Å². The fraction of sp³-hybridized carbons (Fsp3) is 0.172. The molecule has 0 spiro atoms. The Kier molecular flexibility index (Phi) is 8.44. The molecule has 4 rings (SSSR count). The van der Waals surface area contributed by atoms with Crippen molar-refractivity contribution in [3.63, 3.8) is 0 Å². The van der Waals surface area contributed by atoms with Crippen LogP contribution in [0.5, 0.6) is 11.5 Å². The van der Waals surface area contributed by atoms with E-state index in [2.05, 4.69) is 21.1 Å². The first kappa shape index (κ1) is 25.4. The second kappa shape index (κ2) is 12.3. The Bertz CT molecular complexity index is 1370. The largest absolute Gasteiger partial charge is 0.493 e. The molecule has 0 bridgehead atoms. The number of benzene rings is 4. The highest BCUT2D eigenvalue weighted by molar-refractivity contribution is 6.04. The Morgan fingerprint density at radius 2 is 1.05 bits per heavy atom. The van der Waals surface area contributed by atoms with Gasteiger partial charge in [0.25, 0.3) is 0 Å². The smallest absolute Gasteiger partial charge is 0.249 e. The molecule has 8 heteroatoms. The molecule has 0 fully saturated rings. The maximum absolute atomic E-state index is 12.2. The summed E-state index contributed by atoms with van der Waals surface area (Å²) >= 11 is 0. The number of hydrogen-bond acceptors (Lipinski definition) is 6. The average Bonchev–Trinajstić information content (AvgIpc) is 2.91. The molecule has 0 heterocycles. The molecule has 0 aliphatic carbocycles. The Labute approximate surface area is 215 Å². The first-order chi connectivity index (χ1) is 18.1. The average molecular weight is 497 g/mol. The number of rotatable bonds is 10. The van der Waals surface area contributed by atoms with Gasteiger partial charge in [-0.25, -0.2) is 10.9 Å². The molecule has 0 aliphatic heterocycles. The van der Waals surface area contributed by atoms with Gasteiger partial charge in [0.1, 0.15) is 17.9 Å². The van der Waals surface area contributed by atoms with Crippen LogP contribution in [0, 0.1) is 0 Å². The highest BCUT2D eigenvalue weighted by Gasteiger charge is 2.09. The first-order valence-electron chi connectivity index (χ1n) is 12.0. The highest BCUT2D eigenvalue weighted by atomic mass is 16.5. The Morgan fingerprint density at radius 3 is 1.46 bits per heavy atom. The van der Waals surface area contributed by atoms with E-state index < -0.39 is 18.2 Å². The summed E-state index contributed by atoms with van der Waals surface area (Å²) in [4.78, 5) is 24.4. The van der Waals surface area contributed by atoms with Crippen LogP contribution in [0.2, 0.25) is 0 Å². The summed E-state index contributed by atoms with van der Waals surface area (Å²) in [5.41, 5.74) is 6.41. The number of hydrazone groups is 2. The predicted octanol–water partition coefficient (Wildman–Crippen LogP) is 4.78. The zero-order valence-electron chi connectivity index (χ0n) is 20.7. The van der Waals surface area contributed by atoms with E-state index >= 15 is 0 Å². The molecule has 0 aliphatic rings. The first-order valence-corrected chi connectivity index (χ1v) is 12.0. The summed E-state index contributed by atoms with van der Waals surface area (Å²) in [5.74, 6) is 0.473. The van der Waals surface area contributed by atoms with Crippen molar-refractivity contribution in [2.45, 2.75) is 20.3 Å². The second-order valence-electron chi connectivity index (χ2n) is 8.03. The van der Waals surface area contributed by atoms with E-state index in [1.807, 2.05) is 86.6 Å². The van der Waals surface area contributed by atoms with Gasteiger partial charge in [-0.05, 0) is 48.9 Å². The lowest BCUT2D eigenvalue weighted by atomic mass is 10.0. The van der Waals surface area contributed by atoms with Crippen molar-refractivity contribution >= 4 is 45.8 Å². The molecule has 0 atom stereocenters. The van der Waals surface area contributed by atoms with Crippen molar-refractivity contribution in [2.24, 2.45) is 10.2 Å². The molecule has 8 nitrogen and oxygen atoms in total. The van der Waals surface area contributed by atoms with E-state index in [-0.39, 0.29) is 0 Å². The lowest BCUT2D eigenvalue weighted by Gasteiger charge is -2.09. The minimum absolute atomic E-state index is 0.414. The van der Waals surface area contributed by atoms with Crippen molar-refractivity contribution in [3.8, 4) is 11.5 Å². The highest BCUT2D eigenvalue weighted by Crippen LogP contribution is 2.28. The van der Waals surface area contributed by atoms with Gasteiger partial charge in [0.15, 0.2) is 0 Å². The standard InChI is InChI=1S/C29H28N4O4/c1-3-36-26-15-13-20(22-9-5-7-11-24(22)26)18-30-32-28(34)17-29(35)33-31-19-21-14-16-27(37-4-2)25-12-8-6-10-23(21)25/h5-16,18-19H,3-4,17H2,1-2H3,(H,32,34)(H,33,35). The van der Waals surface area contributed by atoms with Crippen LogP contribution >= 0.6 is 0 Å². The summed E-state index contributed by atoms with van der Waals surface area (Å²) in [5, 5.41) is 11.8. The van der Waals surface area contributed by atoms with Crippen LogP contribution in [0.15, 0.2) is 83.0 Å². The summed E-state index contributed by atoms with van der Waals surface area (Å²) in [7, 11) is 0. The molecule has 2 amide bonds. The third-order valence-corrected chi connectivity index (χ3v) is 5.54. The van der Waals surface area contributed by atoms with Gasteiger partial charge in [0, 0.05) is 21.9 Å². The van der Waals surface area contributed by atoms with E-state index in [4.69, 9.17) is 9.47 Å². The van der Waals surface area contributed by atoms with Crippen LogP contribution < -0.4 is 20.3 Å². The SMILES string of the molecule is CCOc1ccc(C=NNC(=O)CC(=O)NN=Cc2ccc(OCC)c3ccccc23)c2ccccc12. The summed E-state index contributed by atoms with van der Waals surface area (Å²) in [6.45, 7) is 5.00. The maximum Gasteiger partial charge on any atom is 0.249 e. The third kappa shape index (κ3) is 6.29. The van der Waals surface area contributed by atoms with Gasteiger partial charge >= 0.3 is 0 Å². The molecule has 0 saturated carbocycles. The molecule has 4 aromatic carbocycles. The van der Waals surface area contributed by atoms with Crippen molar-refractivity contribution in [2.75, 3.05) is 13.2 Å². The normalized spacial score (nSPS) is 11.3. The molecular formula is C29H28N4O4. The van der Waals surface area contributed by atoms with Crippen LogP contribution in [0.3, 0.4) is 0 Å². The molecule has 0 aromatic heterocycles. The molecule has 4 aromatic rings. The van der Waals surface area contributed by atoms with E-state index in [1.54, 1.807) is 12.4 Å². The number of ether oxygens (including phenoxy) is 2. The number of hydrogen-bond donors (Lipinski definition) is 2. The Hall–Kier alpha value is -4.72. The maximum atomic E-state index is 12.2. The number of nitrogens with zero attached hydrogens (tertiary/aromatic N) is 2. The van der Waals surface area contributed by atoms with Crippen LogP contribution in [0.1, 0.15) is 31.4 Å². The molecule has 0 saturated heterocycles. The van der Waals surface area contributed by atoms with Gasteiger partial charge < -0.3 is 9.47 Å². The second-order valence-corrected chi connectivity index (χ2v) is 8.03. The molecule has 37 heavy (non-hydrogen) atoms. The minimum Gasteiger partial charge on any atom is -0.493 e. The summed E-state index contributed by atoms with van der Waals surface area (Å²) in [6, 6.07) is 23.1. The van der Waals surface area contributed by atoms with Crippen molar-refractivity contribution in [3.05, 3.63) is 83.9 Å². The summed E-state index contributed by atoms with van der Waals surface area (Å²) < 4.78 is 11.4. The van der Waals surface area contributed by atoms with Gasteiger partial charge in [-0.15, -0.1) is 0 Å². The number of nitrogens with one attached hydrogen (secondary N) is 2. The van der Waals surface area contributed by atoms with E-state index in [0.717, 1.165) is 44.2 Å². The molecule has 0 unspecified atom stereocenters. The zero-order valence-corrected chi connectivity index (χ0v) is 20.7. The predicted molar refractivity (Wildman–Crippen MR) is 146 cm³/mol. The van der Waals surface area contributed by atoms with Crippen molar-refractivity contribution in [1.82, 2.24) is 10.9 Å². The topological polar surface area (TPSA) is 101 Å². The van der Waals surface area contributed by atoms with Gasteiger partial charge in [-0.1, -0.05) is 48.5 Å². The van der Waals surface area contributed by atoms with Crippen LogP contribution in [0.25, 0.3) is 21.5 Å².